The molecule has 0 saturated carbocycles. The standard InChI is InChI=1S/C17H10Cl2F2N2O2/c18-10-5-3-6-11(19)14(10)13-8-22-17(25-13)9-4-1-2-7-12(9)23-16(24)15(20)21/h1-8,15H,(H,23,24). The zero-order valence-electron chi connectivity index (χ0n) is 12.5. The summed E-state index contributed by atoms with van der Waals surface area (Å²) in [4.78, 5) is 15.4. The molecule has 0 radical (unpaired) electrons. The largest absolute Gasteiger partial charge is 0.436 e. The van der Waals surface area contributed by atoms with E-state index in [2.05, 4.69) is 10.3 Å². The molecule has 0 fully saturated rings. The van der Waals surface area contributed by atoms with Crippen LogP contribution < -0.4 is 5.32 Å². The highest BCUT2D eigenvalue weighted by Crippen LogP contribution is 2.37. The van der Waals surface area contributed by atoms with E-state index in [-0.39, 0.29) is 11.6 Å². The number of hydrogen-bond donors (Lipinski definition) is 1. The number of aromatic nitrogens is 1. The molecule has 0 aliphatic heterocycles. The number of carbonyl (C=O) groups excluding carboxylic acids is 1. The average Bonchev–Trinajstić information content (AvgIpc) is 3.04. The Morgan fingerprint density at radius 3 is 2.44 bits per heavy atom. The summed E-state index contributed by atoms with van der Waals surface area (Å²) in [6.45, 7) is 0. The predicted octanol–water partition coefficient (Wildman–Crippen LogP) is 5.52. The van der Waals surface area contributed by atoms with E-state index in [1.54, 1.807) is 36.4 Å². The Labute approximate surface area is 151 Å². The van der Waals surface area contributed by atoms with Crippen LogP contribution in [0, 0.1) is 0 Å². The van der Waals surface area contributed by atoms with Gasteiger partial charge in [0.05, 0.1) is 33.1 Å². The maximum absolute atomic E-state index is 12.5. The summed E-state index contributed by atoms with van der Waals surface area (Å²) >= 11 is 12.3. The van der Waals surface area contributed by atoms with Crippen molar-refractivity contribution in [2.45, 2.75) is 6.43 Å². The summed E-state index contributed by atoms with van der Waals surface area (Å²) in [6, 6.07) is 11.3. The van der Waals surface area contributed by atoms with Crippen LogP contribution in [-0.2, 0) is 4.79 Å². The quantitative estimate of drug-likeness (QED) is 0.646. The Kier molecular flexibility index (Phi) is 5.01. The molecule has 0 saturated heterocycles. The van der Waals surface area contributed by atoms with Crippen LogP contribution in [0.3, 0.4) is 0 Å². The van der Waals surface area contributed by atoms with E-state index in [0.29, 0.717) is 26.9 Å². The predicted molar refractivity (Wildman–Crippen MR) is 92.0 cm³/mol. The summed E-state index contributed by atoms with van der Waals surface area (Å²) in [6.07, 6.45) is -1.70. The van der Waals surface area contributed by atoms with Crippen molar-refractivity contribution < 1.29 is 18.0 Å². The zero-order valence-corrected chi connectivity index (χ0v) is 14.0. The second-order valence-electron chi connectivity index (χ2n) is 4.96. The van der Waals surface area contributed by atoms with E-state index < -0.39 is 12.3 Å². The summed E-state index contributed by atoms with van der Waals surface area (Å²) < 4.78 is 30.6. The molecular weight excluding hydrogens is 373 g/mol. The van der Waals surface area contributed by atoms with E-state index in [4.69, 9.17) is 27.6 Å². The maximum atomic E-state index is 12.5. The van der Waals surface area contributed by atoms with Gasteiger partial charge in [-0.05, 0) is 24.3 Å². The third-order valence-corrected chi connectivity index (χ3v) is 3.96. The van der Waals surface area contributed by atoms with Crippen LogP contribution in [0.4, 0.5) is 14.5 Å². The van der Waals surface area contributed by atoms with Crippen LogP contribution in [0.5, 0.6) is 0 Å². The van der Waals surface area contributed by atoms with Gasteiger partial charge in [-0.3, -0.25) is 4.79 Å². The van der Waals surface area contributed by atoms with Crippen molar-refractivity contribution >= 4 is 34.8 Å². The topological polar surface area (TPSA) is 55.1 Å². The van der Waals surface area contributed by atoms with Crippen molar-refractivity contribution in [1.82, 2.24) is 4.98 Å². The van der Waals surface area contributed by atoms with Crippen molar-refractivity contribution in [2.75, 3.05) is 5.32 Å². The van der Waals surface area contributed by atoms with Crippen LogP contribution in [0.2, 0.25) is 10.0 Å². The second-order valence-corrected chi connectivity index (χ2v) is 5.78. The number of nitrogens with one attached hydrogen (secondary N) is 1. The summed E-state index contributed by atoms with van der Waals surface area (Å²) in [5.41, 5.74) is 0.982. The first-order valence-electron chi connectivity index (χ1n) is 7.06. The normalized spacial score (nSPS) is 10.9. The second kappa shape index (κ2) is 7.21. The minimum atomic E-state index is -3.13. The van der Waals surface area contributed by atoms with Crippen LogP contribution in [-0.4, -0.2) is 17.3 Å². The highest BCUT2D eigenvalue weighted by atomic mass is 35.5. The minimum absolute atomic E-state index is 0.135. The Hall–Kier alpha value is -2.44. The van der Waals surface area contributed by atoms with Crippen molar-refractivity contribution in [1.29, 1.82) is 0 Å². The molecule has 3 rings (SSSR count). The average molecular weight is 383 g/mol. The molecule has 25 heavy (non-hydrogen) atoms. The summed E-state index contributed by atoms with van der Waals surface area (Å²) in [5, 5.41) is 2.91. The fourth-order valence-corrected chi connectivity index (χ4v) is 2.80. The van der Waals surface area contributed by atoms with Gasteiger partial charge in [-0.2, -0.15) is 8.78 Å². The van der Waals surface area contributed by atoms with Crippen LogP contribution >= 0.6 is 23.2 Å². The van der Waals surface area contributed by atoms with Gasteiger partial charge in [0.1, 0.15) is 0 Å². The number of carbonyl (C=O) groups is 1. The number of rotatable bonds is 4. The van der Waals surface area contributed by atoms with Gasteiger partial charge in [0, 0.05) is 0 Å². The van der Waals surface area contributed by atoms with Gasteiger partial charge in [-0.15, -0.1) is 0 Å². The lowest BCUT2D eigenvalue weighted by Crippen LogP contribution is -2.20. The summed E-state index contributed by atoms with van der Waals surface area (Å²) in [5.74, 6) is -0.954. The molecule has 1 amide bonds. The van der Waals surface area contributed by atoms with E-state index in [0.717, 1.165) is 0 Å². The van der Waals surface area contributed by atoms with Gasteiger partial charge in [0.2, 0.25) is 5.89 Å². The molecule has 8 heteroatoms. The van der Waals surface area contributed by atoms with Gasteiger partial charge < -0.3 is 9.73 Å². The third kappa shape index (κ3) is 3.65. The molecule has 0 atom stereocenters. The molecule has 0 aliphatic rings. The van der Waals surface area contributed by atoms with Gasteiger partial charge in [-0.1, -0.05) is 41.4 Å². The SMILES string of the molecule is O=C(Nc1ccccc1-c1ncc(-c2c(Cl)cccc2Cl)o1)C(F)F. The molecule has 1 heterocycles. The van der Waals surface area contributed by atoms with Crippen LogP contribution in [0.1, 0.15) is 0 Å². The lowest BCUT2D eigenvalue weighted by molar-refractivity contribution is -0.126. The fraction of sp³-hybridized carbons (Fsp3) is 0.0588. The summed E-state index contributed by atoms with van der Waals surface area (Å²) in [7, 11) is 0. The fourth-order valence-electron chi connectivity index (χ4n) is 2.21. The zero-order chi connectivity index (χ0) is 18.0. The molecule has 1 aromatic heterocycles. The Balaban J connectivity index is 2.00. The number of amides is 1. The number of benzene rings is 2. The number of alkyl halides is 2. The van der Waals surface area contributed by atoms with Crippen LogP contribution in [0.25, 0.3) is 22.8 Å². The maximum Gasteiger partial charge on any atom is 0.315 e. The number of para-hydroxylation sites is 1. The van der Waals surface area contributed by atoms with Crippen molar-refractivity contribution in [3.05, 3.63) is 58.7 Å². The lowest BCUT2D eigenvalue weighted by Gasteiger charge is -2.08. The first-order chi connectivity index (χ1) is 12.0. The van der Waals surface area contributed by atoms with Gasteiger partial charge in [-0.25, -0.2) is 4.98 Å². The molecule has 3 aromatic rings. The Bertz CT molecular complexity index is 908. The first kappa shape index (κ1) is 17.4. The molecule has 0 spiro atoms. The number of oxazole rings is 1. The molecule has 2 aromatic carbocycles. The van der Waals surface area contributed by atoms with Crippen molar-refractivity contribution in [3.8, 4) is 22.8 Å². The number of anilines is 1. The van der Waals surface area contributed by atoms with E-state index in [9.17, 15) is 13.6 Å². The number of halogens is 4. The molecule has 1 N–H and O–H groups in total. The lowest BCUT2D eigenvalue weighted by atomic mass is 10.1. The van der Waals surface area contributed by atoms with E-state index >= 15 is 0 Å². The van der Waals surface area contributed by atoms with Gasteiger partial charge >= 0.3 is 6.43 Å². The Morgan fingerprint density at radius 2 is 1.76 bits per heavy atom. The molecule has 128 valence electrons. The smallest absolute Gasteiger partial charge is 0.315 e. The molecule has 4 nitrogen and oxygen atoms in total. The number of hydrogen-bond acceptors (Lipinski definition) is 3. The third-order valence-electron chi connectivity index (χ3n) is 3.33. The van der Waals surface area contributed by atoms with E-state index in [1.165, 1.54) is 12.3 Å². The molecule has 0 bridgehead atoms. The Morgan fingerprint density at radius 1 is 1.08 bits per heavy atom. The van der Waals surface area contributed by atoms with Gasteiger partial charge in [0.15, 0.2) is 5.76 Å². The highest BCUT2D eigenvalue weighted by Gasteiger charge is 2.20. The molecule has 0 aliphatic carbocycles. The monoisotopic (exact) mass is 382 g/mol. The van der Waals surface area contributed by atoms with Crippen molar-refractivity contribution in [3.63, 3.8) is 0 Å². The highest BCUT2D eigenvalue weighted by molar-refractivity contribution is 6.39. The minimum Gasteiger partial charge on any atom is -0.436 e. The first-order valence-corrected chi connectivity index (χ1v) is 7.81. The van der Waals surface area contributed by atoms with Crippen molar-refractivity contribution in [2.24, 2.45) is 0 Å². The van der Waals surface area contributed by atoms with Gasteiger partial charge in [0.25, 0.3) is 5.91 Å². The van der Waals surface area contributed by atoms with Crippen LogP contribution in [0.15, 0.2) is 53.1 Å². The number of nitrogens with zero attached hydrogens (tertiary/aromatic N) is 1. The van der Waals surface area contributed by atoms with E-state index in [1.807, 2.05) is 0 Å². The molecule has 0 unspecified atom stereocenters. The molecular formula is C17H10Cl2F2N2O2.